The van der Waals surface area contributed by atoms with Crippen LogP contribution in [0.15, 0.2) is 60.2 Å². The van der Waals surface area contributed by atoms with E-state index in [1.165, 1.54) is 51.4 Å². The standard InChI is InChI=1S/C55H78O8/c1-6-10-14-22-30-59-51-38-45-43-36-49(57-5)50(58-34-26-18-19-27-35-63-55(56)42-28-20-21-29-42)37-44(43)46-39-52(60-31-23-15-11-7-2)54(62-33-25-17-13-9-4)41-48(46)47(45)40-53(51)61-32-24-16-12-8-3/h20-21,28,36-41H,6-19,22-27,29-35H2,1-5H3. The van der Waals surface area contributed by atoms with Gasteiger partial charge in [0.05, 0.1) is 46.8 Å². The van der Waals surface area contributed by atoms with Gasteiger partial charge < -0.3 is 33.2 Å². The number of esters is 1. The fourth-order valence-electron chi connectivity index (χ4n) is 8.18. The van der Waals surface area contributed by atoms with Crippen LogP contribution in [0.25, 0.3) is 32.3 Å². The van der Waals surface area contributed by atoms with Crippen LogP contribution < -0.4 is 28.4 Å². The Hall–Kier alpha value is -4.59. The molecule has 0 amide bonds. The first-order chi connectivity index (χ1) is 31.0. The van der Waals surface area contributed by atoms with Gasteiger partial charge in [-0.15, -0.1) is 0 Å². The highest BCUT2D eigenvalue weighted by atomic mass is 16.5. The van der Waals surface area contributed by atoms with E-state index in [0.717, 1.165) is 138 Å². The number of hydrogen-bond acceptors (Lipinski definition) is 8. The van der Waals surface area contributed by atoms with E-state index in [0.29, 0.717) is 57.6 Å². The molecule has 4 aromatic rings. The van der Waals surface area contributed by atoms with Crippen LogP contribution in [0.3, 0.4) is 0 Å². The molecular formula is C55H78O8. The molecule has 0 bridgehead atoms. The average molecular weight is 867 g/mol. The van der Waals surface area contributed by atoms with Gasteiger partial charge in [0, 0.05) is 5.57 Å². The van der Waals surface area contributed by atoms with Gasteiger partial charge >= 0.3 is 5.97 Å². The third-order valence-electron chi connectivity index (χ3n) is 11.9. The average Bonchev–Trinajstić information content (AvgIpc) is 3.85. The second-order valence-corrected chi connectivity index (χ2v) is 17.1. The summed E-state index contributed by atoms with van der Waals surface area (Å²) in [7, 11) is 1.71. The molecule has 63 heavy (non-hydrogen) atoms. The highest BCUT2D eigenvalue weighted by molar-refractivity contribution is 6.26. The van der Waals surface area contributed by atoms with Crippen molar-refractivity contribution in [2.75, 3.05) is 46.8 Å². The number of fused-ring (bicyclic) bond motifs is 6. The van der Waals surface area contributed by atoms with Crippen LogP contribution in [0.5, 0.6) is 34.5 Å². The lowest BCUT2D eigenvalue weighted by Crippen LogP contribution is -2.08. The molecule has 5 rings (SSSR count). The van der Waals surface area contributed by atoms with Crippen molar-refractivity contribution in [2.24, 2.45) is 0 Å². The van der Waals surface area contributed by atoms with E-state index in [4.69, 9.17) is 33.2 Å². The van der Waals surface area contributed by atoms with E-state index >= 15 is 0 Å². The van der Waals surface area contributed by atoms with Crippen LogP contribution in [0, 0.1) is 0 Å². The van der Waals surface area contributed by atoms with Crippen LogP contribution in [0.4, 0.5) is 0 Å². The van der Waals surface area contributed by atoms with Gasteiger partial charge in [0.1, 0.15) is 0 Å². The molecule has 0 atom stereocenters. The molecule has 8 nitrogen and oxygen atoms in total. The fraction of sp³-hybridized carbons (Fsp3) is 0.582. The van der Waals surface area contributed by atoms with Crippen LogP contribution >= 0.6 is 0 Å². The van der Waals surface area contributed by atoms with E-state index in [-0.39, 0.29) is 5.97 Å². The topological polar surface area (TPSA) is 81.7 Å². The Morgan fingerprint density at radius 3 is 1.02 bits per heavy atom. The second kappa shape index (κ2) is 28.3. The predicted molar refractivity (Wildman–Crippen MR) is 261 cm³/mol. The quantitative estimate of drug-likeness (QED) is 0.0261. The van der Waals surface area contributed by atoms with Crippen LogP contribution in [-0.2, 0) is 9.53 Å². The molecule has 0 spiro atoms. The highest BCUT2D eigenvalue weighted by Crippen LogP contribution is 2.47. The molecule has 0 saturated heterocycles. The molecule has 0 saturated carbocycles. The van der Waals surface area contributed by atoms with Gasteiger partial charge in [0.2, 0.25) is 0 Å². The van der Waals surface area contributed by atoms with Crippen molar-refractivity contribution in [2.45, 2.75) is 163 Å². The van der Waals surface area contributed by atoms with Gasteiger partial charge in [-0.1, -0.05) is 123 Å². The van der Waals surface area contributed by atoms with Crippen molar-refractivity contribution >= 4 is 38.3 Å². The third kappa shape index (κ3) is 15.3. The maximum atomic E-state index is 12.2. The summed E-state index contributed by atoms with van der Waals surface area (Å²) >= 11 is 0. The van der Waals surface area contributed by atoms with Crippen molar-refractivity contribution in [3.05, 3.63) is 60.2 Å². The minimum Gasteiger partial charge on any atom is -0.493 e. The zero-order valence-corrected chi connectivity index (χ0v) is 39.6. The molecule has 0 radical (unpaired) electrons. The van der Waals surface area contributed by atoms with E-state index in [1.54, 1.807) is 7.11 Å². The van der Waals surface area contributed by atoms with Crippen molar-refractivity contribution in [1.29, 1.82) is 0 Å². The van der Waals surface area contributed by atoms with Crippen LogP contribution in [0.1, 0.15) is 163 Å². The third-order valence-corrected chi connectivity index (χ3v) is 11.9. The molecule has 0 aliphatic heterocycles. The van der Waals surface area contributed by atoms with Gasteiger partial charge in [-0.3, -0.25) is 0 Å². The number of ether oxygens (including phenoxy) is 7. The number of rotatable bonds is 34. The van der Waals surface area contributed by atoms with Gasteiger partial charge in [-0.2, -0.15) is 0 Å². The molecular weight excluding hydrogens is 789 g/mol. The Morgan fingerprint density at radius 2 is 0.714 bits per heavy atom. The monoisotopic (exact) mass is 867 g/mol. The molecule has 0 fully saturated rings. The number of hydrogen-bond donors (Lipinski definition) is 0. The summed E-state index contributed by atoms with van der Waals surface area (Å²) < 4.78 is 44.5. The summed E-state index contributed by atoms with van der Waals surface area (Å²) in [5, 5.41) is 6.37. The number of allylic oxidation sites excluding steroid dienone is 3. The Bertz CT molecular complexity index is 2050. The Balaban J connectivity index is 1.51. The molecule has 1 aliphatic rings. The lowest BCUT2D eigenvalue weighted by Gasteiger charge is -2.20. The number of unbranched alkanes of at least 4 members (excludes halogenated alkanes) is 15. The molecule has 0 heterocycles. The maximum absolute atomic E-state index is 12.2. The smallest absolute Gasteiger partial charge is 0.334 e. The van der Waals surface area contributed by atoms with Crippen LogP contribution in [-0.4, -0.2) is 52.7 Å². The van der Waals surface area contributed by atoms with Gasteiger partial charge in [0.15, 0.2) is 34.5 Å². The van der Waals surface area contributed by atoms with Crippen molar-refractivity contribution < 1.29 is 38.0 Å². The molecule has 0 aromatic heterocycles. The summed E-state index contributed by atoms with van der Waals surface area (Å²) in [6, 6.07) is 13.0. The summed E-state index contributed by atoms with van der Waals surface area (Å²) in [4.78, 5) is 12.2. The Kier molecular flexibility index (Phi) is 22.2. The van der Waals surface area contributed by atoms with E-state index < -0.39 is 0 Å². The SMILES string of the molecule is CCCCCCOc1cc2c3cc(OC)c(OCCCCCCOC(=O)C4=CC=CC4)cc3c3cc(OCCCCCC)c(OCCCCCC)cc3c2cc1OCCCCCC. The first-order valence-corrected chi connectivity index (χ1v) is 24.8. The molecule has 346 valence electrons. The predicted octanol–water partition coefficient (Wildman–Crippen LogP) is 15.4. The zero-order chi connectivity index (χ0) is 44.5. The van der Waals surface area contributed by atoms with Crippen molar-refractivity contribution in [1.82, 2.24) is 0 Å². The number of methoxy groups -OCH3 is 1. The molecule has 4 aromatic carbocycles. The fourth-order valence-corrected chi connectivity index (χ4v) is 8.18. The van der Waals surface area contributed by atoms with E-state index in [9.17, 15) is 4.79 Å². The molecule has 0 N–H and O–H groups in total. The summed E-state index contributed by atoms with van der Waals surface area (Å²) in [6.07, 6.45) is 28.1. The summed E-state index contributed by atoms with van der Waals surface area (Å²) in [6.45, 7) is 12.5. The zero-order valence-electron chi connectivity index (χ0n) is 39.6. The lowest BCUT2D eigenvalue weighted by atomic mass is 9.93. The Morgan fingerprint density at radius 1 is 0.413 bits per heavy atom. The molecule has 1 aliphatic carbocycles. The Labute approximate surface area is 379 Å². The van der Waals surface area contributed by atoms with Crippen molar-refractivity contribution in [3.8, 4) is 34.5 Å². The molecule has 8 heteroatoms. The van der Waals surface area contributed by atoms with Gasteiger partial charge in [0.25, 0.3) is 0 Å². The van der Waals surface area contributed by atoms with Crippen molar-refractivity contribution in [3.63, 3.8) is 0 Å². The highest BCUT2D eigenvalue weighted by Gasteiger charge is 2.20. The number of carbonyl (C=O) groups excluding carboxylic acids is 1. The first-order valence-electron chi connectivity index (χ1n) is 24.8. The second-order valence-electron chi connectivity index (χ2n) is 17.1. The minimum absolute atomic E-state index is 0.207. The summed E-state index contributed by atoms with van der Waals surface area (Å²) in [5.41, 5.74) is 0.727. The minimum atomic E-state index is -0.207. The maximum Gasteiger partial charge on any atom is 0.334 e. The normalized spacial score (nSPS) is 12.3. The number of carbonyl (C=O) groups is 1. The van der Waals surface area contributed by atoms with Gasteiger partial charge in [-0.05, 0) is 127 Å². The van der Waals surface area contributed by atoms with E-state index in [1.807, 2.05) is 18.2 Å². The number of benzene rings is 4. The lowest BCUT2D eigenvalue weighted by molar-refractivity contribution is -0.139. The molecule has 0 unspecified atom stereocenters. The van der Waals surface area contributed by atoms with E-state index in [2.05, 4.69) is 64.1 Å². The first kappa shape index (κ1) is 49.4. The largest absolute Gasteiger partial charge is 0.493 e. The van der Waals surface area contributed by atoms with Gasteiger partial charge in [-0.25, -0.2) is 4.79 Å². The summed E-state index contributed by atoms with van der Waals surface area (Å²) in [5.74, 6) is 4.29. The van der Waals surface area contributed by atoms with Crippen LogP contribution in [0.2, 0.25) is 0 Å².